The molecule has 32 heavy (non-hydrogen) atoms. The number of benzene rings is 2. The molecule has 0 radical (unpaired) electrons. The molecule has 0 aliphatic carbocycles. The van der Waals surface area contributed by atoms with E-state index in [0.717, 1.165) is 27.2 Å². The minimum absolute atomic E-state index is 0.354. The van der Waals surface area contributed by atoms with Crippen molar-refractivity contribution in [1.82, 2.24) is 23.1 Å². The van der Waals surface area contributed by atoms with Crippen LogP contribution >= 0.6 is 0 Å². The SMILES string of the molecule is Cc1c(C)n2c3c(=O)n(C)c(=O)n(C)c3nc2n1-c1ccccc1OCc1ccccc1. The van der Waals surface area contributed by atoms with Gasteiger partial charge >= 0.3 is 5.69 Å². The maximum atomic E-state index is 13.0. The second-order valence-electron chi connectivity index (χ2n) is 7.87. The highest BCUT2D eigenvalue weighted by Crippen LogP contribution is 2.30. The standard InChI is InChI=1S/C24H23N5O3/c1-15-16(2)29-20-21(26(3)24(31)27(4)22(20)30)25-23(29)28(15)18-12-8-9-13-19(18)32-14-17-10-6-5-7-11-17/h5-13H,14H2,1-4H3. The van der Waals surface area contributed by atoms with Gasteiger partial charge in [0.2, 0.25) is 5.78 Å². The smallest absolute Gasteiger partial charge is 0.332 e. The summed E-state index contributed by atoms with van der Waals surface area (Å²) in [5.74, 6) is 1.26. The van der Waals surface area contributed by atoms with Crippen LogP contribution in [0.25, 0.3) is 22.6 Å². The molecule has 0 aliphatic rings. The molecule has 0 saturated carbocycles. The summed E-state index contributed by atoms with van der Waals surface area (Å²) >= 11 is 0. The van der Waals surface area contributed by atoms with Gasteiger partial charge in [-0.05, 0) is 31.5 Å². The maximum absolute atomic E-state index is 13.0. The molecule has 8 heteroatoms. The third kappa shape index (κ3) is 2.80. The van der Waals surface area contributed by atoms with Crippen LogP contribution in [0.4, 0.5) is 0 Å². The monoisotopic (exact) mass is 429 g/mol. The van der Waals surface area contributed by atoms with Crippen LogP contribution in [0.3, 0.4) is 0 Å². The second-order valence-corrected chi connectivity index (χ2v) is 7.87. The van der Waals surface area contributed by atoms with Crippen LogP contribution < -0.4 is 16.0 Å². The average Bonchev–Trinajstić information content (AvgIpc) is 3.31. The van der Waals surface area contributed by atoms with Crippen molar-refractivity contribution in [2.75, 3.05) is 0 Å². The molecule has 0 fully saturated rings. The van der Waals surface area contributed by atoms with Crippen molar-refractivity contribution in [2.24, 2.45) is 14.1 Å². The number of ether oxygens (including phenoxy) is 1. The zero-order valence-corrected chi connectivity index (χ0v) is 18.4. The van der Waals surface area contributed by atoms with E-state index in [1.54, 1.807) is 7.05 Å². The predicted octanol–water partition coefficient (Wildman–Crippen LogP) is 2.87. The third-order valence-electron chi connectivity index (χ3n) is 5.98. The van der Waals surface area contributed by atoms with Crippen LogP contribution in [0.15, 0.2) is 64.2 Å². The average molecular weight is 429 g/mol. The van der Waals surface area contributed by atoms with Crippen molar-refractivity contribution in [2.45, 2.75) is 20.5 Å². The molecule has 2 aromatic carbocycles. The summed E-state index contributed by atoms with van der Waals surface area (Å²) in [5, 5.41) is 0. The van der Waals surface area contributed by atoms with Crippen LogP contribution in [-0.4, -0.2) is 23.1 Å². The van der Waals surface area contributed by atoms with Crippen molar-refractivity contribution in [3.63, 3.8) is 0 Å². The summed E-state index contributed by atoms with van der Waals surface area (Å²) in [7, 11) is 3.11. The number of aromatic nitrogens is 5. The van der Waals surface area contributed by atoms with Gasteiger partial charge in [0.05, 0.1) is 5.69 Å². The number of para-hydroxylation sites is 2. The molecule has 0 bridgehead atoms. The molecule has 0 unspecified atom stereocenters. The predicted molar refractivity (Wildman–Crippen MR) is 123 cm³/mol. The molecular weight excluding hydrogens is 406 g/mol. The van der Waals surface area contributed by atoms with Gasteiger partial charge in [0.1, 0.15) is 12.4 Å². The number of hydrogen-bond acceptors (Lipinski definition) is 4. The van der Waals surface area contributed by atoms with E-state index >= 15 is 0 Å². The lowest BCUT2D eigenvalue weighted by atomic mass is 10.2. The molecule has 3 heterocycles. The fourth-order valence-corrected chi connectivity index (χ4v) is 4.11. The van der Waals surface area contributed by atoms with E-state index in [1.807, 2.05) is 77.4 Å². The van der Waals surface area contributed by atoms with E-state index in [1.165, 1.54) is 11.6 Å². The first-order valence-corrected chi connectivity index (χ1v) is 10.3. The van der Waals surface area contributed by atoms with Crippen LogP contribution in [0.5, 0.6) is 5.75 Å². The maximum Gasteiger partial charge on any atom is 0.332 e. The highest BCUT2D eigenvalue weighted by Gasteiger charge is 2.23. The highest BCUT2D eigenvalue weighted by atomic mass is 16.5. The van der Waals surface area contributed by atoms with Gasteiger partial charge in [0, 0.05) is 25.5 Å². The topological polar surface area (TPSA) is 75.5 Å². The van der Waals surface area contributed by atoms with Crippen molar-refractivity contribution < 1.29 is 4.74 Å². The lowest BCUT2D eigenvalue weighted by molar-refractivity contribution is 0.305. The van der Waals surface area contributed by atoms with E-state index < -0.39 is 5.69 Å². The van der Waals surface area contributed by atoms with Crippen molar-refractivity contribution in [3.05, 3.63) is 92.4 Å². The molecule has 0 aliphatic heterocycles. The molecule has 3 aromatic heterocycles. The first-order valence-electron chi connectivity index (χ1n) is 10.3. The van der Waals surface area contributed by atoms with Gasteiger partial charge in [-0.15, -0.1) is 0 Å². The summed E-state index contributed by atoms with van der Waals surface area (Å²) in [6, 6.07) is 17.7. The number of rotatable bonds is 4. The summed E-state index contributed by atoms with van der Waals surface area (Å²) in [5.41, 5.74) is 3.64. The Kier molecular flexibility index (Phi) is 4.51. The molecule has 0 atom stereocenters. The Bertz CT molecular complexity index is 1600. The van der Waals surface area contributed by atoms with E-state index in [4.69, 9.17) is 9.72 Å². The summed E-state index contributed by atoms with van der Waals surface area (Å²) < 4.78 is 12.5. The van der Waals surface area contributed by atoms with Gasteiger partial charge in [0.15, 0.2) is 11.2 Å². The Morgan fingerprint density at radius 3 is 2.31 bits per heavy atom. The fraction of sp³-hybridized carbons (Fsp3) is 0.208. The molecule has 0 spiro atoms. The number of nitrogens with zero attached hydrogens (tertiary/aromatic N) is 5. The summed E-state index contributed by atoms with van der Waals surface area (Å²) in [6.45, 7) is 4.35. The first kappa shape index (κ1) is 19.9. The van der Waals surface area contributed by atoms with Crippen molar-refractivity contribution in [3.8, 4) is 11.4 Å². The zero-order valence-electron chi connectivity index (χ0n) is 18.4. The largest absolute Gasteiger partial charge is 0.487 e. The highest BCUT2D eigenvalue weighted by molar-refractivity contribution is 5.77. The lowest BCUT2D eigenvalue weighted by Gasteiger charge is -2.14. The van der Waals surface area contributed by atoms with Crippen molar-refractivity contribution >= 4 is 16.9 Å². The van der Waals surface area contributed by atoms with Gasteiger partial charge in [-0.1, -0.05) is 42.5 Å². The Morgan fingerprint density at radius 1 is 0.875 bits per heavy atom. The molecule has 0 amide bonds. The van der Waals surface area contributed by atoms with Crippen molar-refractivity contribution in [1.29, 1.82) is 0 Å². The minimum Gasteiger partial charge on any atom is -0.487 e. The molecule has 5 rings (SSSR count). The van der Waals surface area contributed by atoms with E-state index in [2.05, 4.69) is 0 Å². The van der Waals surface area contributed by atoms with Crippen LogP contribution in [-0.2, 0) is 20.7 Å². The second kappa shape index (κ2) is 7.26. The number of aryl methyl sites for hydroxylation is 2. The normalized spacial score (nSPS) is 11.5. The zero-order chi connectivity index (χ0) is 22.6. The number of fused-ring (bicyclic) bond motifs is 3. The molecule has 8 nitrogen and oxygen atoms in total. The third-order valence-corrected chi connectivity index (χ3v) is 5.98. The van der Waals surface area contributed by atoms with Gasteiger partial charge in [0.25, 0.3) is 5.56 Å². The Balaban J connectivity index is 1.75. The molecule has 162 valence electrons. The summed E-state index contributed by atoms with van der Waals surface area (Å²) in [6.07, 6.45) is 0. The Hall–Kier alpha value is -4.07. The van der Waals surface area contributed by atoms with E-state index in [-0.39, 0.29) is 5.56 Å². The van der Waals surface area contributed by atoms with Gasteiger partial charge in [-0.2, -0.15) is 4.98 Å². The molecule has 5 aromatic rings. The number of imidazole rings is 2. The quantitative estimate of drug-likeness (QED) is 0.440. The minimum atomic E-state index is -0.407. The van der Waals surface area contributed by atoms with Crippen LogP contribution in [0.2, 0.25) is 0 Å². The fourth-order valence-electron chi connectivity index (χ4n) is 4.11. The Morgan fingerprint density at radius 2 is 1.56 bits per heavy atom. The number of hydrogen-bond donors (Lipinski definition) is 0. The van der Waals surface area contributed by atoms with Gasteiger partial charge in [-0.3, -0.25) is 22.9 Å². The van der Waals surface area contributed by atoms with Crippen LogP contribution in [0.1, 0.15) is 17.0 Å². The summed E-state index contributed by atoms with van der Waals surface area (Å²) in [4.78, 5) is 30.1. The van der Waals surface area contributed by atoms with E-state index in [0.29, 0.717) is 29.3 Å². The molecule has 0 N–H and O–H groups in total. The first-order chi connectivity index (χ1) is 15.4. The van der Waals surface area contributed by atoms with Gasteiger partial charge < -0.3 is 4.74 Å². The van der Waals surface area contributed by atoms with E-state index in [9.17, 15) is 9.59 Å². The Labute approximate surface area is 183 Å². The molecular formula is C24H23N5O3. The molecule has 0 saturated heterocycles. The lowest BCUT2D eigenvalue weighted by Crippen LogP contribution is -2.37. The van der Waals surface area contributed by atoms with Crippen LogP contribution in [0, 0.1) is 13.8 Å². The van der Waals surface area contributed by atoms with Gasteiger partial charge in [-0.25, -0.2) is 4.79 Å².